The summed E-state index contributed by atoms with van der Waals surface area (Å²) in [5, 5.41) is 10.9. The van der Waals surface area contributed by atoms with Gasteiger partial charge < -0.3 is 9.51 Å². The van der Waals surface area contributed by atoms with Crippen molar-refractivity contribution in [3.05, 3.63) is 84.6 Å². The second kappa shape index (κ2) is 5.70. The van der Waals surface area contributed by atoms with Crippen molar-refractivity contribution in [2.24, 2.45) is 0 Å². The fourth-order valence-corrected chi connectivity index (χ4v) is 3.09. The summed E-state index contributed by atoms with van der Waals surface area (Å²) in [7, 11) is 0. The Morgan fingerprint density at radius 2 is 1.46 bits per heavy atom. The number of hydrogen-bond acceptors (Lipinski definition) is 2. The molecule has 2 aromatic carbocycles. The van der Waals surface area contributed by atoms with Gasteiger partial charge in [-0.3, -0.25) is 4.79 Å². The van der Waals surface area contributed by atoms with Crippen LogP contribution in [0.4, 0.5) is 0 Å². The number of carbonyl (C=O) groups is 1. The zero-order valence-corrected chi connectivity index (χ0v) is 12.9. The molecule has 0 bridgehead atoms. The molecular weight excluding hydrogens is 298 g/mol. The van der Waals surface area contributed by atoms with Crippen LogP contribution in [0.1, 0.15) is 10.4 Å². The van der Waals surface area contributed by atoms with E-state index in [2.05, 4.69) is 0 Å². The fourth-order valence-electron chi connectivity index (χ4n) is 3.09. The van der Waals surface area contributed by atoms with E-state index in [0.29, 0.717) is 11.1 Å². The lowest BCUT2D eigenvalue weighted by atomic mass is 10.0. The number of hydrogen-bond donors (Lipinski definition) is 1. The number of aromatic nitrogens is 1. The maximum atomic E-state index is 11.1. The molecule has 0 aliphatic heterocycles. The molecule has 3 nitrogen and oxygen atoms in total. The van der Waals surface area contributed by atoms with Crippen LogP contribution in [0.15, 0.2) is 79.0 Å². The van der Waals surface area contributed by atoms with Gasteiger partial charge in [0.05, 0.1) is 16.8 Å². The Hall–Kier alpha value is -3.33. The lowest BCUT2D eigenvalue weighted by Gasteiger charge is -2.07. The molecule has 116 valence electrons. The van der Waals surface area contributed by atoms with Gasteiger partial charge in [0, 0.05) is 11.8 Å². The molecule has 2 heterocycles. The van der Waals surface area contributed by atoms with E-state index in [4.69, 9.17) is 0 Å². The highest BCUT2D eigenvalue weighted by molar-refractivity contribution is 5.94. The predicted octanol–water partition coefficient (Wildman–Crippen LogP) is 4.79. The third-order valence-corrected chi connectivity index (χ3v) is 4.18. The van der Waals surface area contributed by atoms with E-state index in [-0.39, 0.29) is 5.75 Å². The van der Waals surface area contributed by atoms with Crippen molar-refractivity contribution in [1.29, 1.82) is 0 Å². The molecule has 24 heavy (non-hydrogen) atoms. The number of rotatable bonds is 3. The number of nitrogens with zero attached hydrogens (tertiary/aromatic N) is 1. The van der Waals surface area contributed by atoms with Crippen molar-refractivity contribution in [3.63, 3.8) is 0 Å². The smallest absolute Gasteiger partial charge is 0.150 e. The van der Waals surface area contributed by atoms with Gasteiger partial charge in [-0.2, -0.15) is 0 Å². The monoisotopic (exact) mass is 313 g/mol. The van der Waals surface area contributed by atoms with Gasteiger partial charge in [-0.15, -0.1) is 0 Å². The topological polar surface area (TPSA) is 41.7 Å². The Kier molecular flexibility index (Phi) is 3.39. The quantitative estimate of drug-likeness (QED) is 0.552. The van der Waals surface area contributed by atoms with E-state index in [0.717, 1.165) is 28.7 Å². The molecule has 4 rings (SSSR count). The van der Waals surface area contributed by atoms with Crippen molar-refractivity contribution in [1.82, 2.24) is 4.40 Å². The number of pyridine rings is 1. The summed E-state index contributed by atoms with van der Waals surface area (Å²) in [4.78, 5) is 11.1. The summed E-state index contributed by atoms with van der Waals surface area (Å²) < 4.78 is 1.93. The van der Waals surface area contributed by atoms with Crippen molar-refractivity contribution >= 4 is 11.8 Å². The molecule has 0 unspecified atom stereocenters. The number of benzene rings is 2. The minimum absolute atomic E-state index is 0.184. The summed E-state index contributed by atoms with van der Waals surface area (Å²) in [6, 6.07) is 23.2. The van der Waals surface area contributed by atoms with Gasteiger partial charge in [0.2, 0.25) is 0 Å². The van der Waals surface area contributed by atoms with E-state index in [1.54, 1.807) is 12.1 Å². The van der Waals surface area contributed by atoms with Gasteiger partial charge in [0.1, 0.15) is 12.0 Å². The van der Waals surface area contributed by atoms with E-state index in [9.17, 15) is 9.90 Å². The Morgan fingerprint density at radius 1 is 0.833 bits per heavy atom. The van der Waals surface area contributed by atoms with Gasteiger partial charge in [-0.05, 0) is 23.3 Å². The van der Waals surface area contributed by atoms with Crippen LogP contribution in [-0.4, -0.2) is 15.8 Å². The second-order valence-corrected chi connectivity index (χ2v) is 5.64. The molecule has 0 saturated carbocycles. The van der Waals surface area contributed by atoms with Crippen LogP contribution in [0.5, 0.6) is 5.75 Å². The van der Waals surface area contributed by atoms with Gasteiger partial charge in [-0.25, -0.2) is 0 Å². The van der Waals surface area contributed by atoms with Crippen LogP contribution in [0.3, 0.4) is 0 Å². The zero-order valence-electron chi connectivity index (χ0n) is 12.9. The molecule has 0 atom stereocenters. The zero-order chi connectivity index (χ0) is 16.5. The molecule has 0 radical (unpaired) electrons. The largest absolute Gasteiger partial charge is 0.505 e. The summed E-state index contributed by atoms with van der Waals surface area (Å²) in [6.45, 7) is 0. The Morgan fingerprint density at radius 3 is 2.08 bits per heavy atom. The highest BCUT2D eigenvalue weighted by Gasteiger charge is 2.20. The fraction of sp³-hybridized carbons (Fsp3) is 0. The van der Waals surface area contributed by atoms with E-state index < -0.39 is 0 Å². The number of fused-ring (bicyclic) bond motifs is 1. The average molecular weight is 313 g/mol. The molecule has 0 aliphatic rings. The van der Waals surface area contributed by atoms with Crippen LogP contribution in [0, 0.1) is 0 Å². The SMILES string of the molecule is O=Cc1ccn2c(-c3ccccc3)c(-c3ccccc3)c(O)c2c1. The van der Waals surface area contributed by atoms with Crippen LogP contribution in [-0.2, 0) is 0 Å². The van der Waals surface area contributed by atoms with Crippen molar-refractivity contribution < 1.29 is 9.90 Å². The van der Waals surface area contributed by atoms with Crippen molar-refractivity contribution in [2.45, 2.75) is 0 Å². The number of carbonyl (C=O) groups excluding carboxylic acids is 1. The van der Waals surface area contributed by atoms with E-state index in [1.807, 2.05) is 71.3 Å². The molecule has 0 spiro atoms. The molecule has 0 saturated heterocycles. The highest BCUT2D eigenvalue weighted by Crippen LogP contribution is 2.43. The van der Waals surface area contributed by atoms with Gasteiger partial charge in [0.25, 0.3) is 0 Å². The van der Waals surface area contributed by atoms with Crippen LogP contribution < -0.4 is 0 Å². The van der Waals surface area contributed by atoms with Crippen molar-refractivity contribution in [3.8, 4) is 28.1 Å². The summed E-state index contributed by atoms with van der Waals surface area (Å²) in [6.07, 6.45) is 2.62. The minimum atomic E-state index is 0.184. The molecule has 1 N–H and O–H groups in total. The van der Waals surface area contributed by atoms with E-state index >= 15 is 0 Å². The molecule has 0 amide bonds. The Bertz CT molecular complexity index is 1020. The second-order valence-electron chi connectivity index (χ2n) is 5.64. The third-order valence-electron chi connectivity index (χ3n) is 4.18. The Balaban J connectivity index is 2.13. The predicted molar refractivity (Wildman–Crippen MR) is 95.3 cm³/mol. The maximum Gasteiger partial charge on any atom is 0.150 e. The first-order valence-electron chi connectivity index (χ1n) is 7.72. The maximum absolute atomic E-state index is 11.1. The van der Waals surface area contributed by atoms with Crippen molar-refractivity contribution in [2.75, 3.05) is 0 Å². The molecule has 0 fully saturated rings. The van der Waals surface area contributed by atoms with Gasteiger partial charge in [0.15, 0.2) is 0 Å². The normalized spacial score (nSPS) is 10.8. The van der Waals surface area contributed by atoms with Gasteiger partial charge in [-0.1, -0.05) is 60.7 Å². The summed E-state index contributed by atoms with van der Waals surface area (Å²) >= 11 is 0. The molecule has 4 aromatic rings. The lowest BCUT2D eigenvalue weighted by molar-refractivity contribution is 0.112. The lowest BCUT2D eigenvalue weighted by Crippen LogP contribution is -1.90. The molecule has 3 heteroatoms. The Labute approximate surface area is 139 Å². The first-order chi connectivity index (χ1) is 11.8. The summed E-state index contributed by atoms with van der Waals surface area (Å²) in [5.74, 6) is 0.184. The average Bonchev–Trinajstić information content (AvgIpc) is 2.95. The van der Waals surface area contributed by atoms with Gasteiger partial charge >= 0.3 is 0 Å². The highest BCUT2D eigenvalue weighted by atomic mass is 16.3. The molecule has 2 aromatic heterocycles. The minimum Gasteiger partial charge on any atom is -0.505 e. The molecular formula is C21H15NO2. The number of aldehydes is 1. The first kappa shape index (κ1) is 14.3. The summed E-state index contributed by atoms with van der Waals surface area (Å²) in [5.41, 5.74) is 4.78. The third kappa shape index (κ3) is 2.18. The standard InChI is InChI=1S/C21H15NO2/c23-14-15-11-12-22-18(13-15)21(24)19(16-7-3-1-4-8-16)20(22)17-9-5-2-6-10-17/h1-14,24H. The van der Waals surface area contributed by atoms with E-state index in [1.165, 1.54) is 0 Å². The first-order valence-corrected chi connectivity index (χ1v) is 7.72. The number of aromatic hydroxyl groups is 1. The van der Waals surface area contributed by atoms with Crippen LogP contribution in [0.25, 0.3) is 27.9 Å². The van der Waals surface area contributed by atoms with Crippen LogP contribution >= 0.6 is 0 Å². The van der Waals surface area contributed by atoms with Crippen LogP contribution in [0.2, 0.25) is 0 Å². The molecule has 0 aliphatic carbocycles.